The van der Waals surface area contributed by atoms with Crippen LogP contribution in [0.1, 0.15) is 57.2 Å². The number of amides is 1. The van der Waals surface area contributed by atoms with Gasteiger partial charge in [-0.2, -0.15) is 4.98 Å². The first-order valence-corrected chi connectivity index (χ1v) is 13.1. The number of piperidine rings is 1. The zero-order chi connectivity index (χ0) is 27.8. The van der Waals surface area contributed by atoms with Crippen molar-refractivity contribution in [1.82, 2.24) is 14.9 Å². The molecule has 1 aromatic heterocycles. The van der Waals surface area contributed by atoms with Crippen molar-refractivity contribution in [3.05, 3.63) is 77.6 Å². The molecule has 9 nitrogen and oxygen atoms in total. The van der Waals surface area contributed by atoms with Crippen molar-refractivity contribution in [2.24, 2.45) is 5.16 Å². The van der Waals surface area contributed by atoms with Gasteiger partial charge in [0.15, 0.2) is 0 Å². The third-order valence-corrected chi connectivity index (χ3v) is 6.15. The number of hydrogen-bond acceptors (Lipinski definition) is 8. The summed E-state index contributed by atoms with van der Waals surface area (Å²) in [6, 6.07) is 17.7. The zero-order valence-corrected chi connectivity index (χ0v) is 23.2. The third kappa shape index (κ3) is 8.17. The molecule has 0 bridgehead atoms. The molecular formula is C30H36N4O5. The molecule has 0 atom stereocenters. The Morgan fingerprint density at radius 2 is 1.67 bits per heavy atom. The van der Waals surface area contributed by atoms with E-state index in [2.05, 4.69) is 15.1 Å². The van der Waals surface area contributed by atoms with E-state index in [4.69, 9.17) is 19.0 Å². The molecule has 206 valence electrons. The lowest BCUT2D eigenvalue weighted by Gasteiger charge is -2.33. The van der Waals surface area contributed by atoms with Crippen LogP contribution < -0.4 is 14.3 Å². The van der Waals surface area contributed by atoms with Crippen LogP contribution in [-0.4, -0.2) is 51.5 Å². The fourth-order valence-corrected chi connectivity index (χ4v) is 3.97. The van der Waals surface area contributed by atoms with Crippen molar-refractivity contribution in [3.8, 4) is 17.5 Å². The second-order valence-electron chi connectivity index (χ2n) is 10.5. The predicted octanol–water partition coefficient (Wildman–Crippen LogP) is 5.95. The summed E-state index contributed by atoms with van der Waals surface area (Å²) in [6.45, 7) is 10.9. The van der Waals surface area contributed by atoms with Crippen LogP contribution in [0.5, 0.6) is 17.5 Å². The van der Waals surface area contributed by atoms with Crippen molar-refractivity contribution in [2.45, 2.75) is 65.8 Å². The van der Waals surface area contributed by atoms with E-state index >= 15 is 0 Å². The smallest absolute Gasteiger partial charge is 0.410 e. The average Bonchev–Trinajstić information content (AvgIpc) is 2.92. The number of oxime groups is 1. The molecule has 1 saturated heterocycles. The maximum atomic E-state index is 12.3. The Hall–Kier alpha value is -4.14. The summed E-state index contributed by atoms with van der Waals surface area (Å²) in [7, 11) is 0. The van der Waals surface area contributed by atoms with Crippen LogP contribution in [0.2, 0.25) is 0 Å². The van der Waals surface area contributed by atoms with Gasteiger partial charge in [0.25, 0.3) is 5.88 Å². The highest BCUT2D eigenvalue weighted by molar-refractivity contribution is 5.98. The molecule has 3 aromatic rings. The molecule has 0 radical (unpaired) electrons. The maximum absolute atomic E-state index is 12.3. The number of nitrogens with zero attached hydrogens (tertiary/aromatic N) is 4. The number of hydrogen-bond donors (Lipinski definition) is 0. The monoisotopic (exact) mass is 532 g/mol. The van der Waals surface area contributed by atoms with Gasteiger partial charge in [0.2, 0.25) is 5.88 Å². The summed E-state index contributed by atoms with van der Waals surface area (Å²) in [5.41, 5.74) is 2.86. The van der Waals surface area contributed by atoms with Crippen molar-refractivity contribution in [3.63, 3.8) is 0 Å². The van der Waals surface area contributed by atoms with E-state index < -0.39 is 5.60 Å². The van der Waals surface area contributed by atoms with E-state index in [0.717, 1.165) is 16.9 Å². The fraction of sp³-hybridized carbons (Fsp3) is 0.400. The number of ether oxygens (including phenoxy) is 3. The standard InChI is InChI=1S/C30H36N4O5/c1-21-27(37-26-15-17-34(18-16-26)29(35)38-30(3,4)5)31-20-32-28(21)39-33-22(2)24-11-13-25(14-12-24)36-19-23-9-7-6-8-10-23/h6-14,20,26H,15-19H2,1-5H3/b33-22-. The molecule has 1 aliphatic heterocycles. The molecule has 0 unspecified atom stereocenters. The van der Waals surface area contributed by atoms with Crippen LogP contribution in [0.3, 0.4) is 0 Å². The molecule has 9 heteroatoms. The van der Waals surface area contributed by atoms with Gasteiger partial charge >= 0.3 is 6.09 Å². The van der Waals surface area contributed by atoms with E-state index in [9.17, 15) is 4.79 Å². The number of carbonyl (C=O) groups is 1. The van der Waals surface area contributed by atoms with Crippen molar-refractivity contribution < 1.29 is 23.8 Å². The van der Waals surface area contributed by atoms with Crippen LogP contribution in [0.4, 0.5) is 4.79 Å². The summed E-state index contributed by atoms with van der Waals surface area (Å²) in [5.74, 6) is 1.55. The Labute approximate surface area is 229 Å². The Bertz CT molecular complexity index is 1260. The van der Waals surface area contributed by atoms with Gasteiger partial charge in [-0.25, -0.2) is 9.78 Å². The average molecular weight is 533 g/mol. The molecule has 0 N–H and O–H groups in total. The van der Waals surface area contributed by atoms with Crippen LogP contribution in [-0.2, 0) is 11.3 Å². The van der Waals surface area contributed by atoms with E-state index in [1.807, 2.05) is 89.2 Å². The van der Waals surface area contributed by atoms with Gasteiger partial charge in [0, 0.05) is 25.9 Å². The minimum absolute atomic E-state index is 0.0713. The fourth-order valence-electron chi connectivity index (χ4n) is 3.97. The third-order valence-electron chi connectivity index (χ3n) is 6.15. The maximum Gasteiger partial charge on any atom is 0.410 e. The normalized spacial score (nSPS) is 14.6. The molecule has 0 aliphatic carbocycles. The number of rotatable bonds is 8. The topological polar surface area (TPSA) is 95.4 Å². The lowest BCUT2D eigenvalue weighted by atomic mass is 10.1. The first-order valence-electron chi connectivity index (χ1n) is 13.1. The summed E-state index contributed by atoms with van der Waals surface area (Å²) < 4.78 is 17.5. The zero-order valence-electron chi connectivity index (χ0n) is 23.2. The van der Waals surface area contributed by atoms with Gasteiger partial charge in [-0.15, -0.1) is 0 Å². The van der Waals surface area contributed by atoms with E-state index in [1.165, 1.54) is 6.33 Å². The Balaban J connectivity index is 1.30. The largest absolute Gasteiger partial charge is 0.489 e. The first kappa shape index (κ1) is 27.9. The lowest BCUT2D eigenvalue weighted by Crippen LogP contribution is -2.44. The van der Waals surface area contributed by atoms with Crippen molar-refractivity contribution in [1.29, 1.82) is 0 Å². The second-order valence-corrected chi connectivity index (χ2v) is 10.5. The molecule has 1 amide bonds. The summed E-state index contributed by atoms with van der Waals surface area (Å²) >= 11 is 0. The SMILES string of the molecule is C/C(=N/Oc1ncnc(OC2CCN(C(=O)OC(C)(C)C)CC2)c1C)c1ccc(OCc2ccccc2)cc1. The Morgan fingerprint density at radius 3 is 2.33 bits per heavy atom. The van der Waals surface area contributed by atoms with Gasteiger partial charge < -0.3 is 23.9 Å². The summed E-state index contributed by atoms with van der Waals surface area (Å²) in [4.78, 5) is 28.2. The number of benzene rings is 2. The van der Waals surface area contributed by atoms with E-state index in [-0.39, 0.29) is 12.2 Å². The highest BCUT2D eigenvalue weighted by Gasteiger charge is 2.28. The molecule has 2 heterocycles. The molecule has 4 rings (SSSR count). The van der Waals surface area contributed by atoms with E-state index in [0.29, 0.717) is 55.6 Å². The van der Waals surface area contributed by atoms with Gasteiger partial charge in [-0.1, -0.05) is 35.5 Å². The van der Waals surface area contributed by atoms with Crippen molar-refractivity contribution >= 4 is 11.8 Å². The lowest BCUT2D eigenvalue weighted by molar-refractivity contribution is 0.0122. The molecule has 39 heavy (non-hydrogen) atoms. The Kier molecular flexibility index (Phi) is 9.01. The first-order chi connectivity index (χ1) is 18.7. The van der Waals surface area contributed by atoms with Gasteiger partial charge in [0.1, 0.15) is 30.4 Å². The van der Waals surface area contributed by atoms with Gasteiger partial charge in [0.05, 0.1) is 11.3 Å². The molecule has 0 spiro atoms. The summed E-state index contributed by atoms with van der Waals surface area (Å²) in [5, 5.41) is 4.27. The number of aromatic nitrogens is 2. The predicted molar refractivity (Wildman–Crippen MR) is 148 cm³/mol. The van der Waals surface area contributed by atoms with Crippen molar-refractivity contribution in [2.75, 3.05) is 13.1 Å². The highest BCUT2D eigenvalue weighted by atomic mass is 16.6. The highest BCUT2D eigenvalue weighted by Crippen LogP contribution is 2.26. The minimum Gasteiger partial charge on any atom is -0.489 e. The van der Waals surface area contributed by atoms with Crippen LogP contribution in [0, 0.1) is 6.92 Å². The van der Waals surface area contributed by atoms with E-state index in [1.54, 1.807) is 4.90 Å². The number of carbonyl (C=O) groups excluding carboxylic acids is 1. The summed E-state index contributed by atoms with van der Waals surface area (Å²) in [6.07, 6.45) is 2.40. The second kappa shape index (κ2) is 12.6. The molecule has 1 aliphatic rings. The quantitative estimate of drug-likeness (QED) is 0.261. The van der Waals surface area contributed by atoms with Gasteiger partial charge in [-0.05, 0) is 70.0 Å². The Morgan fingerprint density at radius 1 is 1.00 bits per heavy atom. The van der Waals surface area contributed by atoms with Gasteiger partial charge in [-0.3, -0.25) is 0 Å². The van der Waals surface area contributed by atoms with Crippen LogP contribution in [0.25, 0.3) is 0 Å². The molecular weight excluding hydrogens is 496 g/mol. The molecule has 0 saturated carbocycles. The minimum atomic E-state index is -0.514. The molecule has 1 fully saturated rings. The molecule has 2 aromatic carbocycles. The number of likely N-dealkylation sites (tertiary alicyclic amines) is 1. The van der Waals surface area contributed by atoms with Crippen LogP contribution >= 0.6 is 0 Å². The van der Waals surface area contributed by atoms with Crippen LogP contribution in [0.15, 0.2) is 66.1 Å².